The minimum Gasteiger partial charge on any atom is -0.462 e. The van der Waals surface area contributed by atoms with Gasteiger partial charge >= 0.3 is 5.97 Å². The van der Waals surface area contributed by atoms with E-state index in [1.54, 1.807) is 6.92 Å². The monoisotopic (exact) mass is 376 g/mol. The topological polar surface area (TPSA) is 98.5 Å². The van der Waals surface area contributed by atoms with Gasteiger partial charge in [0.2, 0.25) is 0 Å². The lowest BCUT2D eigenvalue weighted by atomic mass is 10.0. The van der Waals surface area contributed by atoms with Gasteiger partial charge in [-0.3, -0.25) is 14.9 Å². The van der Waals surface area contributed by atoms with Crippen molar-refractivity contribution in [2.45, 2.75) is 26.8 Å². The predicted molar refractivity (Wildman–Crippen MR) is 98.4 cm³/mol. The zero-order chi connectivity index (χ0) is 19.3. The molecule has 0 unspecified atom stereocenters. The van der Waals surface area contributed by atoms with E-state index in [4.69, 9.17) is 4.74 Å². The van der Waals surface area contributed by atoms with Crippen molar-refractivity contribution in [3.05, 3.63) is 61.8 Å². The Morgan fingerprint density at radius 2 is 1.96 bits per heavy atom. The molecule has 138 valence electrons. The molecule has 0 spiro atoms. The zero-order valence-corrected chi connectivity index (χ0v) is 15.5. The summed E-state index contributed by atoms with van der Waals surface area (Å²) in [5, 5.41) is 16.0. The van der Waals surface area contributed by atoms with Crippen LogP contribution in [0.15, 0.2) is 35.7 Å². The van der Waals surface area contributed by atoms with Gasteiger partial charge in [0.1, 0.15) is 0 Å². The van der Waals surface area contributed by atoms with E-state index >= 15 is 0 Å². The number of thiophene rings is 1. The molecular weight excluding hydrogens is 356 g/mol. The lowest BCUT2D eigenvalue weighted by Gasteiger charge is -2.21. The number of ether oxygens (including phenoxy) is 1. The van der Waals surface area contributed by atoms with E-state index in [1.807, 2.05) is 31.4 Å². The van der Waals surface area contributed by atoms with E-state index in [9.17, 15) is 19.7 Å². The third-order valence-corrected chi connectivity index (χ3v) is 4.66. The molecule has 8 heteroatoms. The van der Waals surface area contributed by atoms with E-state index in [2.05, 4.69) is 5.32 Å². The first-order chi connectivity index (χ1) is 12.3. The van der Waals surface area contributed by atoms with E-state index in [0.717, 1.165) is 17.0 Å². The Balaban J connectivity index is 2.34. The maximum Gasteiger partial charge on any atom is 0.338 e. The average Bonchev–Trinajstić information content (AvgIpc) is 3.13. The second kappa shape index (κ2) is 8.57. The molecule has 1 atom stereocenters. The number of hydrogen-bond donors (Lipinski definition) is 1. The molecule has 1 aromatic heterocycles. The summed E-state index contributed by atoms with van der Waals surface area (Å²) in [5.74, 6) is -1.06. The first-order valence-electron chi connectivity index (χ1n) is 8.14. The number of carbonyl (C=O) groups is 2. The average molecular weight is 376 g/mol. The molecule has 0 saturated carbocycles. The molecule has 0 aliphatic heterocycles. The first kappa shape index (κ1) is 19.6. The van der Waals surface area contributed by atoms with Crippen molar-refractivity contribution in [1.29, 1.82) is 0 Å². The summed E-state index contributed by atoms with van der Waals surface area (Å²) in [6, 6.07) is 7.16. The first-order valence-corrected chi connectivity index (χ1v) is 9.02. The van der Waals surface area contributed by atoms with Crippen molar-refractivity contribution >= 4 is 28.9 Å². The summed E-state index contributed by atoms with van der Waals surface area (Å²) in [6.45, 7) is 5.72. The molecule has 1 heterocycles. The molecule has 1 N–H and O–H groups in total. The maximum absolute atomic E-state index is 12.7. The lowest BCUT2D eigenvalue weighted by Crippen LogP contribution is -2.31. The minimum absolute atomic E-state index is 0.0246. The van der Waals surface area contributed by atoms with Crippen LogP contribution in [0, 0.1) is 16.0 Å². The molecule has 0 radical (unpaired) electrons. The number of non-ortho nitro benzene ring substituents is 1. The Morgan fingerprint density at radius 3 is 2.50 bits per heavy atom. The number of amides is 1. The number of benzene rings is 1. The van der Waals surface area contributed by atoms with Crippen LogP contribution in [0.1, 0.15) is 52.4 Å². The summed E-state index contributed by atoms with van der Waals surface area (Å²) in [6.07, 6.45) is 0. The summed E-state index contributed by atoms with van der Waals surface area (Å²) >= 11 is 1.52. The molecule has 2 aromatic rings. The Labute approximate surface area is 155 Å². The van der Waals surface area contributed by atoms with Crippen LogP contribution < -0.4 is 5.32 Å². The molecule has 7 nitrogen and oxygen atoms in total. The van der Waals surface area contributed by atoms with Gasteiger partial charge in [-0.15, -0.1) is 11.3 Å². The van der Waals surface area contributed by atoms with Gasteiger partial charge in [0.05, 0.1) is 23.1 Å². The van der Waals surface area contributed by atoms with E-state index in [0.29, 0.717) is 0 Å². The van der Waals surface area contributed by atoms with Crippen LogP contribution in [0.4, 0.5) is 5.69 Å². The van der Waals surface area contributed by atoms with Crippen LogP contribution in [0.2, 0.25) is 0 Å². The molecule has 2 rings (SSSR count). The Bertz CT molecular complexity index is 802. The molecule has 0 fully saturated rings. The largest absolute Gasteiger partial charge is 0.462 e. The summed E-state index contributed by atoms with van der Waals surface area (Å²) in [7, 11) is 0. The Hall–Kier alpha value is -2.74. The quantitative estimate of drug-likeness (QED) is 0.448. The number of hydrogen-bond acceptors (Lipinski definition) is 6. The smallest absolute Gasteiger partial charge is 0.338 e. The SMILES string of the molecule is CCOC(=O)c1cc(C(=O)N[C@H](c2cccs2)C(C)C)cc([N+](=O)[O-])c1. The van der Waals surface area contributed by atoms with Crippen molar-refractivity contribution in [2.75, 3.05) is 6.61 Å². The highest BCUT2D eigenvalue weighted by Gasteiger charge is 2.23. The second-order valence-corrected chi connectivity index (χ2v) is 6.94. The molecule has 0 aliphatic rings. The lowest BCUT2D eigenvalue weighted by molar-refractivity contribution is -0.384. The number of nitro groups is 1. The van der Waals surface area contributed by atoms with Crippen LogP contribution in [-0.2, 0) is 4.74 Å². The van der Waals surface area contributed by atoms with Crippen LogP contribution in [0.3, 0.4) is 0 Å². The molecule has 0 saturated heterocycles. The number of esters is 1. The van der Waals surface area contributed by atoms with Gasteiger partial charge < -0.3 is 10.1 Å². The third-order valence-electron chi connectivity index (χ3n) is 3.70. The fourth-order valence-corrected chi connectivity index (χ4v) is 3.39. The zero-order valence-electron chi connectivity index (χ0n) is 14.7. The number of nitrogens with one attached hydrogen (secondary N) is 1. The Morgan fingerprint density at radius 1 is 1.27 bits per heavy atom. The van der Waals surface area contributed by atoms with Crippen molar-refractivity contribution in [1.82, 2.24) is 5.32 Å². The maximum atomic E-state index is 12.7. The number of nitro benzene ring substituents is 1. The minimum atomic E-state index is -0.705. The van der Waals surface area contributed by atoms with Crippen LogP contribution >= 0.6 is 11.3 Å². The standard InChI is InChI=1S/C18H20N2O5S/c1-4-25-18(22)13-8-12(9-14(10-13)20(23)24)17(21)19-16(11(2)3)15-6-5-7-26-15/h5-11,16H,4H2,1-3H3,(H,19,21)/t16-/m0/s1. The third kappa shape index (κ3) is 4.66. The van der Waals surface area contributed by atoms with Gasteiger partial charge in [0.25, 0.3) is 11.6 Å². The molecular formula is C18H20N2O5S. The summed E-state index contributed by atoms with van der Waals surface area (Å²) in [4.78, 5) is 36.1. The number of nitrogens with zero attached hydrogens (tertiary/aromatic N) is 1. The normalized spacial score (nSPS) is 11.8. The summed E-state index contributed by atoms with van der Waals surface area (Å²) < 4.78 is 4.88. The predicted octanol–water partition coefficient (Wildman–Crippen LogP) is 3.96. The van der Waals surface area contributed by atoms with Crippen LogP contribution in [0.25, 0.3) is 0 Å². The van der Waals surface area contributed by atoms with Crippen molar-refractivity contribution in [3.63, 3.8) is 0 Å². The van der Waals surface area contributed by atoms with Crippen LogP contribution in [-0.4, -0.2) is 23.4 Å². The van der Waals surface area contributed by atoms with Gasteiger partial charge in [-0.1, -0.05) is 19.9 Å². The van der Waals surface area contributed by atoms with Gasteiger partial charge in [-0.05, 0) is 30.4 Å². The van der Waals surface area contributed by atoms with E-state index in [1.165, 1.54) is 17.4 Å². The second-order valence-electron chi connectivity index (χ2n) is 5.96. The highest BCUT2D eigenvalue weighted by atomic mass is 32.1. The highest BCUT2D eigenvalue weighted by Crippen LogP contribution is 2.27. The van der Waals surface area contributed by atoms with Gasteiger partial charge in [0, 0.05) is 22.6 Å². The summed E-state index contributed by atoms with van der Waals surface area (Å²) in [5.41, 5.74) is -0.314. The van der Waals surface area contributed by atoms with Gasteiger partial charge in [0.15, 0.2) is 0 Å². The fourth-order valence-electron chi connectivity index (χ4n) is 2.44. The molecule has 0 bridgehead atoms. The van der Waals surface area contributed by atoms with Gasteiger partial charge in [-0.2, -0.15) is 0 Å². The molecule has 1 aromatic carbocycles. The fraction of sp³-hybridized carbons (Fsp3) is 0.333. The van der Waals surface area contributed by atoms with Crippen LogP contribution in [0.5, 0.6) is 0 Å². The van der Waals surface area contributed by atoms with E-state index < -0.39 is 16.8 Å². The van der Waals surface area contributed by atoms with Crippen molar-refractivity contribution in [2.24, 2.45) is 5.92 Å². The van der Waals surface area contributed by atoms with Crippen molar-refractivity contribution in [3.8, 4) is 0 Å². The van der Waals surface area contributed by atoms with Crippen molar-refractivity contribution < 1.29 is 19.2 Å². The highest BCUT2D eigenvalue weighted by molar-refractivity contribution is 7.10. The molecule has 26 heavy (non-hydrogen) atoms. The Kier molecular flexibility index (Phi) is 6.46. The molecule has 1 amide bonds. The van der Waals surface area contributed by atoms with E-state index in [-0.39, 0.29) is 35.4 Å². The van der Waals surface area contributed by atoms with Gasteiger partial charge in [-0.25, -0.2) is 4.79 Å². The number of carbonyl (C=O) groups excluding carboxylic acids is 2. The molecule has 0 aliphatic carbocycles. The number of rotatable bonds is 7.